The Balaban J connectivity index is 1.41. The van der Waals surface area contributed by atoms with Crippen molar-refractivity contribution in [2.24, 2.45) is 0 Å². The van der Waals surface area contributed by atoms with Crippen LogP contribution in [0.1, 0.15) is 11.1 Å². The van der Waals surface area contributed by atoms with E-state index in [1.165, 1.54) is 43.9 Å². The largest absolute Gasteiger partial charge is 0.303 e. The Labute approximate surface area is 144 Å². The Hall–Kier alpha value is -1.69. The summed E-state index contributed by atoms with van der Waals surface area (Å²) < 4.78 is 1.99. The van der Waals surface area contributed by atoms with Crippen LogP contribution in [-0.4, -0.2) is 76.8 Å². The molecule has 24 heavy (non-hydrogen) atoms. The normalized spacial score (nSPS) is 23.3. The first kappa shape index (κ1) is 15.8. The zero-order chi connectivity index (χ0) is 16.5. The van der Waals surface area contributed by atoms with Crippen molar-refractivity contribution in [2.45, 2.75) is 19.5 Å². The number of rotatable bonds is 3. The van der Waals surface area contributed by atoms with E-state index >= 15 is 0 Å². The summed E-state index contributed by atoms with van der Waals surface area (Å²) in [5, 5.41) is 4.56. The molecule has 0 spiro atoms. The van der Waals surface area contributed by atoms with Gasteiger partial charge in [-0.05, 0) is 31.7 Å². The third kappa shape index (κ3) is 3.38. The third-order valence-electron chi connectivity index (χ3n) is 5.29. The molecule has 128 valence electrons. The predicted octanol–water partition coefficient (Wildman–Crippen LogP) is 1.61. The number of aryl methyl sites for hydroxylation is 1. The Kier molecular flexibility index (Phi) is 4.39. The van der Waals surface area contributed by atoms with Gasteiger partial charge >= 0.3 is 0 Å². The number of fused-ring (bicyclic) bond motifs is 1. The van der Waals surface area contributed by atoms with Crippen LogP contribution in [0.5, 0.6) is 0 Å². The lowest BCUT2D eigenvalue weighted by Crippen LogP contribution is -2.60. The summed E-state index contributed by atoms with van der Waals surface area (Å²) in [5.74, 6) is 0. The molecule has 0 radical (unpaired) electrons. The molecule has 2 saturated heterocycles. The van der Waals surface area contributed by atoms with Gasteiger partial charge in [0, 0.05) is 63.6 Å². The molecule has 3 heterocycles. The van der Waals surface area contributed by atoms with Gasteiger partial charge in [-0.2, -0.15) is 5.10 Å². The van der Waals surface area contributed by atoms with Crippen molar-refractivity contribution in [1.29, 1.82) is 0 Å². The van der Waals surface area contributed by atoms with Crippen molar-refractivity contribution in [3.63, 3.8) is 0 Å². The van der Waals surface area contributed by atoms with Gasteiger partial charge in [0.05, 0.1) is 11.9 Å². The fraction of sp³-hybridized carbons (Fsp3) is 0.526. The minimum Gasteiger partial charge on any atom is -0.303 e. The second-order valence-corrected chi connectivity index (χ2v) is 7.32. The number of piperazine rings is 2. The Morgan fingerprint density at radius 2 is 2.00 bits per heavy atom. The van der Waals surface area contributed by atoms with Gasteiger partial charge in [-0.15, -0.1) is 0 Å². The van der Waals surface area contributed by atoms with E-state index in [1.807, 2.05) is 10.9 Å². The molecule has 1 aromatic carbocycles. The predicted molar refractivity (Wildman–Crippen MR) is 96.4 cm³/mol. The maximum absolute atomic E-state index is 4.56. The van der Waals surface area contributed by atoms with Crippen molar-refractivity contribution < 1.29 is 0 Å². The monoisotopic (exact) mass is 325 g/mol. The van der Waals surface area contributed by atoms with Crippen molar-refractivity contribution >= 4 is 0 Å². The molecule has 4 rings (SSSR count). The van der Waals surface area contributed by atoms with Crippen LogP contribution in [0.3, 0.4) is 0 Å². The van der Waals surface area contributed by atoms with E-state index < -0.39 is 0 Å². The van der Waals surface area contributed by atoms with Crippen LogP contribution < -0.4 is 0 Å². The minimum absolute atomic E-state index is 0.685. The first-order chi connectivity index (χ1) is 11.7. The van der Waals surface area contributed by atoms with Gasteiger partial charge in [0.25, 0.3) is 0 Å². The lowest BCUT2D eigenvalue weighted by molar-refractivity contribution is 0.0175. The van der Waals surface area contributed by atoms with Gasteiger partial charge in [-0.1, -0.05) is 12.1 Å². The summed E-state index contributed by atoms with van der Waals surface area (Å²) in [6, 6.07) is 9.18. The topological polar surface area (TPSA) is 27.5 Å². The van der Waals surface area contributed by atoms with Crippen LogP contribution >= 0.6 is 0 Å². The minimum atomic E-state index is 0.685. The second kappa shape index (κ2) is 6.67. The van der Waals surface area contributed by atoms with Gasteiger partial charge < -0.3 is 4.90 Å². The molecule has 5 heteroatoms. The maximum Gasteiger partial charge on any atom is 0.0648 e. The summed E-state index contributed by atoms with van der Waals surface area (Å²) in [5.41, 5.74) is 3.70. The summed E-state index contributed by atoms with van der Waals surface area (Å²) in [7, 11) is 2.24. The van der Waals surface area contributed by atoms with E-state index in [-0.39, 0.29) is 0 Å². The molecule has 2 aromatic rings. The van der Waals surface area contributed by atoms with Crippen molar-refractivity contribution in [3.8, 4) is 5.69 Å². The highest BCUT2D eigenvalue weighted by Gasteiger charge is 2.30. The van der Waals surface area contributed by atoms with Gasteiger partial charge in [0.15, 0.2) is 0 Å². The van der Waals surface area contributed by atoms with Crippen LogP contribution in [0, 0.1) is 6.92 Å². The highest BCUT2D eigenvalue weighted by atomic mass is 15.3. The molecular weight excluding hydrogens is 298 g/mol. The Bertz CT molecular complexity index is 695. The molecule has 1 aromatic heterocycles. The highest BCUT2D eigenvalue weighted by molar-refractivity contribution is 5.35. The van der Waals surface area contributed by atoms with Gasteiger partial charge in [-0.3, -0.25) is 9.80 Å². The summed E-state index contributed by atoms with van der Waals surface area (Å²) >= 11 is 0. The van der Waals surface area contributed by atoms with Gasteiger partial charge in [-0.25, -0.2) is 4.68 Å². The zero-order valence-electron chi connectivity index (χ0n) is 14.7. The Morgan fingerprint density at radius 3 is 2.88 bits per heavy atom. The fourth-order valence-electron chi connectivity index (χ4n) is 3.93. The first-order valence-electron chi connectivity index (χ1n) is 8.93. The SMILES string of the molecule is Cc1cccc(-n2cc(CN3CCN4CCN(C)C[C@H]4C3)cn2)c1. The van der Waals surface area contributed by atoms with Crippen LogP contribution in [0.2, 0.25) is 0 Å². The average molecular weight is 325 g/mol. The second-order valence-electron chi connectivity index (χ2n) is 7.32. The molecule has 0 unspecified atom stereocenters. The molecule has 0 bridgehead atoms. The molecule has 0 N–H and O–H groups in total. The van der Waals surface area contributed by atoms with E-state index in [1.54, 1.807) is 0 Å². The molecule has 5 nitrogen and oxygen atoms in total. The van der Waals surface area contributed by atoms with E-state index in [9.17, 15) is 0 Å². The van der Waals surface area contributed by atoms with Crippen molar-refractivity contribution in [2.75, 3.05) is 46.3 Å². The van der Waals surface area contributed by atoms with Crippen molar-refractivity contribution in [3.05, 3.63) is 47.8 Å². The number of benzene rings is 1. The standard InChI is InChI=1S/C19H27N5/c1-16-4-3-5-18(10-16)24-13-17(11-20-24)12-22-7-9-23-8-6-21(2)14-19(23)15-22/h3-5,10-11,13,19H,6-9,12,14-15H2,1-2H3/t19-/m0/s1. The molecule has 2 fully saturated rings. The highest BCUT2D eigenvalue weighted by Crippen LogP contribution is 2.17. The first-order valence-corrected chi connectivity index (χ1v) is 8.93. The molecule has 0 amide bonds. The lowest BCUT2D eigenvalue weighted by atomic mass is 10.1. The van der Waals surface area contributed by atoms with Crippen LogP contribution in [-0.2, 0) is 6.54 Å². The van der Waals surface area contributed by atoms with Gasteiger partial charge in [0.1, 0.15) is 0 Å². The van der Waals surface area contributed by atoms with E-state index in [2.05, 4.69) is 64.2 Å². The molecule has 2 aliphatic rings. The number of aromatic nitrogens is 2. The lowest BCUT2D eigenvalue weighted by Gasteiger charge is -2.46. The summed E-state index contributed by atoms with van der Waals surface area (Å²) in [6.07, 6.45) is 4.19. The summed E-state index contributed by atoms with van der Waals surface area (Å²) in [4.78, 5) is 7.70. The van der Waals surface area contributed by atoms with Crippen LogP contribution in [0.4, 0.5) is 0 Å². The van der Waals surface area contributed by atoms with Crippen LogP contribution in [0.25, 0.3) is 5.69 Å². The fourth-order valence-corrected chi connectivity index (χ4v) is 3.93. The smallest absolute Gasteiger partial charge is 0.0648 e. The maximum atomic E-state index is 4.56. The molecule has 1 atom stereocenters. The van der Waals surface area contributed by atoms with Crippen molar-refractivity contribution in [1.82, 2.24) is 24.5 Å². The molecule has 0 saturated carbocycles. The average Bonchev–Trinajstić information content (AvgIpc) is 3.03. The molecule has 2 aliphatic heterocycles. The quantitative estimate of drug-likeness (QED) is 0.857. The molecule has 0 aliphatic carbocycles. The number of hydrogen-bond donors (Lipinski definition) is 0. The molecular formula is C19H27N5. The Morgan fingerprint density at radius 1 is 1.12 bits per heavy atom. The third-order valence-corrected chi connectivity index (χ3v) is 5.29. The summed E-state index contributed by atoms with van der Waals surface area (Å²) in [6.45, 7) is 10.3. The van der Waals surface area contributed by atoms with E-state index in [4.69, 9.17) is 0 Å². The van der Waals surface area contributed by atoms with Gasteiger partial charge in [0.2, 0.25) is 0 Å². The van der Waals surface area contributed by atoms with E-state index in [0.717, 1.165) is 18.8 Å². The number of likely N-dealkylation sites (N-methyl/N-ethyl adjacent to an activating group) is 1. The van der Waals surface area contributed by atoms with Crippen LogP contribution in [0.15, 0.2) is 36.7 Å². The van der Waals surface area contributed by atoms with E-state index in [0.29, 0.717) is 6.04 Å². The number of hydrogen-bond acceptors (Lipinski definition) is 4. The zero-order valence-corrected chi connectivity index (χ0v) is 14.7. The number of nitrogens with zero attached hydrogens (tertiary/aromatic N) is 5.